The number of Topliss-reactive ketones (excluding diaryl/α,β-unsaturated/α-hetero) is 3. The average molecular weight is 1830 g/mol. The molecule has 1 unspecified atom stereocenters. The van der Waals surface area contributed by atoms with Gasteiger partial charge in [-0.2, -0.15) is 20.4 Å². The Balaban J connectivity index is 0.000000359. The van der Waals surface area contributed by atoms with Crippen LogP contribution in [-0.4, -0.2) is 209 Å². The molecule has 5 aliphatic rings. The summed E-state index contributed by atoms with van der Waals surface area (Å²) >= 11 is 18.8. The Morgan fingerprint density at radius 1 is 0.636 bits per heavy atom. The Morgan fingerprint density at radius 2 is 1.08 bits per heavy atom. The summed E-state index contributed by atoms with van der Waals surface area (Å²) in [5, 5.41) is 28.0. The molecule has 9 aromatic rings. The van der Waals surface area contributed by atoms with E-state index in [9.17, 15) is 27.2 Å². The van der Waals surface area contributed by atoms with Crippen molar-refractivity contribution in [2.45, 2.75) is 190 Å². The molecule has 4 aliphatic carbocycles. The molecule has 0 radical (unpaired) electrons. The topological polar surface area (TPSA) is 328 Å². The first kappa shape index (κ1) is 106. The normalized spacial score (nSPS) is 15.4. The van der Waals surface area contributed by atoms with Gasteiger partial charge in [-0.25, -0.2) is 28.4 Å². The van der Waals surface area contributed by atoms with Gasteiger partial charge in [0.15, 0.2) is 37.6 Å². The first-order valence-electron chi connectivity index (χ1n) is 39.7. The quantitative estimate of drug-likeness (QED) is 0.0125. The standard InChI is InChI=1S/C13H16N4S.C13H14N4S.C13H19N3O.C13H11NO3S.C10H14N2O.C10H15NO.C5H13NO2.C4H11N.C2H6N2S.CHCl3.CH3F.ClH/c2*1-8(2)17-12-10(7-15-17)5-4-9-6-14-13(18-3)16-11(9)12;1-9(2)16-12-10(7-14-16)5-6-11(13(12)17)8-15(3)4;15-18(16,12-9-5-2-6-10-12)14-13(17-14)11-7-3-1-4-8-11;1-7(2)12-10-8(6-11-12)4-3-5-9(10)13;1-8-5-4-6-9(10(8)12)7-11(2)3;1-6(2)5(7-3)8-4;1-4(2)3-5;1-5-2(3)4;2-1(3)4;1-2;/h6-8H,4-5H2,1-3H3;4-8H,1-3H3;7-9H,5-6H2,1-4H3;1-10,13H;6-7H,3-5H2,1-2H3;5,7H,4,6H2,1-3H3;5H,1-4H3;4H,3,5H2,1-2H3;1H3,(H3,3,4);1H;1H3;1H/b;;11-8-;;;9-7-;;;;;;/t;;;13-,14?;;;;;;;;/m...1......../s1/i;;;;;;;;;;1D;. The van der Waals surface area contributed by atoms with Crippen molar-refractivity contribution < 1.29 is 42.9 Å². The molecule has 0 spiro atoms. The number of ketones is 3. The number of benzene rings is 3. The number of carbonyl (C=O) groups is 3. The molecule has 121 heavy (non-hydrogen) atoms. The molecule has 6 aromatic heterocycles. The molecule has 27 nitrogen and oxygen atoms in total. The van der Waals surface area contributed by atoms with Gasteiger partial charge in [-0.3, -0.25) is 52.6 Å². The molecular formula is C85H124Cl4FN19O8S4. The van der Waals surface area contributed by atoms with E-state index in [4.69, 9.17) is 67.4 Å². The minimum Gasteiger partial charge on any atom is -0.383 e. The zero-order chi connectivity index (χ0) is 90.5. The lowest BCUT2D eigenvalue weighted by Crippen LogP contribution is -2.30. The van der Waals surface area contributed by atoms with Crippen LogP contribution < -0.4 is 11.5 Å². The monoisotopic (exact) mass is 1830 g/mol. The second kappa shape index (κ2) is 54.2. The fourth-order valence-electron chi connectivity index (χ4n) is 12.1. The number of hydrogen-bond acceptors (Lipinski definition) is 24. The SMILES string of the molecule is CC(C)CN.CC(C)n1ncc2c1C(=O)/C(=C\N(C)C)CC2.CC(C)n1ncc2c1C(=O)CCC2.CC1=CCC/C(=C/N(C)C)C1=O.COC(OC)N(C)C.CSC(=N)N.CSc1ncc2c(n1)-c1c(cnn1C(C)C)CC2.CSc1ncc2ccc3cnn(C(C)C)c3c2n1.Cl.ClC(Cl)Cl.O=S(=O)(c1ccccc1)N1O[C@@H]1c1ccccc1.[2H]CF. The number of allylic oxidation sites excluding steroid dienone is 4. The summed E-state index contributed by atoms with van der Waals surface area (Å²) in [6.07, 6.45) is 30.6. The number of carbonyl (C=O) groups excluding carboxylic acids is 3. The van der Waals surface area contributed by atoms with Crippen molar-refractivity contribution in [3.8, 4) is 11.4 Å². The van der Waals surface area contributed by atoms with E-state index in [1.165, 1.54) is 28.6 Å². The van der Waals surface area contributed by atoms with Gasteiger partial charge in [0, 0.05) is 142 Å². The molecule has 1 saturated heterocycles. The summed E-state index contributed by atoms with van der Waals surface area (Å²) in [6, 6.07) is 22.8. The van der Waals surface area contributed by atoms with Gasteiger partial charge in [-0.1, -0.05) is 151 Å². The average Bonchev–Trinajstić information content (AvgIpc) is 1.60. The lowest BCUT2D eigenvalue weighted by molar-refractivity contribution is -0.179. The molecule has 14 rings (SSSR count). The maximum atomic E-state index is 12.4. The molecule has 5 N–H and O–H groups in total. The van der Waals surface area contributed by atoms with E-state index in [0.717, 1.165) is 145 Å². The number of amidine groups is 1. The van der Waals surface area contributed by atoms with E-state index in [1.54, 1.807) is 74.3 Å². The largest absolute Gasteiger partial charge is 0.383 e. The molecule has 7 heterocycles. The highest BCUT2D eigenvalue weighted by Gasteiger charge is 2.48. The van der Waals surface area contributed by atoms with Gasteiger partial charge in [-0.15, -0.1) is 12.4 Å². The first-order chi connectivity index (χ1) is 57.3. The third-order valence-electron chi connectivity index (χ3n) is 17.8. The number of aromatic nitrogens is 12. The predicted octanol–water partition coefficient (Wildman–Crippen LogP) is 18.1. The molecule has 36 heteroatoms. The third-order valence-corrected chi connectivity index (χ3v) is 21.0. The molecule has 0 amide bonds. The summed E-state index contributed by atoms with van der Waals surface area (Å²) in [5.74, 6) is 1.25. The third kappa shape index (κ3) is 33.1. The lowest BCUT2D eigenvalue weighted by atomic mass is 9.92. The van der Waals surface area contributed by atoms with Crippen LogP contribution in [0.2, 0.25) is 0 Å². The molecule has 666 valence electrons. The Bertz CT molecular complexity index is 4930. The maximum Gasteiger partial charge on any atom is 0.267 e. The van der Waals surface area contributed by atoms with Crippen LogP contribution in [0.5, 0.6) is 0 Å². The number of nitrogens with one attached hydrogen (secondary N) is 1. The fraction of sp³-hybridized carbons (Fsp3) is 0.482. The Morgan fingerprint density at radius 3 is 1.56 bits per heavy atom. The molecule has 1 aliphatic heterocycles. The van der Waals surface area contributed by atoms with Crippen molar-refractivity contribution in [3.63, 3.8) is 0 Å². The maximum absolute atomic E-state index is 12.4. The second-order valence-corrected chi connectivity index (χ2v) is 35.8. The molecule has 0 bridgehead atoms. The van der Waals surface area contributed by atoms with Crippen LogP contribution in [0.4, 0.5) is 4.39 Å². The predicted molar refractivity (Wildman–Crippen MR) is 497 cm³/mol. The summed E-state index contributed by atoms with van der Waals surface area (Å²) in [7, 11) is 10.2. The van der Waals surface area contributed by atoms with E-state index in [0.29, 0.717) is 24.4 Å². The summed E-state index contributed by atoms with van der Waals surface area (Å²) in [5.41, 5.74) is 24.3. The van der Waals surface area contributed by atoms with Crippen molar-refractivity contribution in [3.05, 3.63) is 184 Å². The van der Waals surface area contributed by atoms with Gasteiger partial charge >= 0.3 is 0 Å². The zero-order valence-electron chi connectivity index (χ0n) is 74.7. The van der Waals surface area contributed by atoms with Gasteiger partial charge in [-0.05, 0) is 187 Å². The Kier molecular flexibility index (Phi) is 47.3. The molecule has 2 atom stereocenters. The highest BCUT2D eigenvalue weighted by atomic mass is 35.6. The fourth-order valence-corrected chi connectivity index (χ4v) is 14.1. The number of alkyl halides is 4. The first-order valence-corrected chi connectivity index (χ1v) is 45.4. The number of hydroxylamine groups is 1. The summed E-state index contributed by atoms with van der Waals surface area (Å²) in [6.45, 7) is 23.6. The lowest BCUT2D eigenvalue weighted by Gasteiger charge is -2.19. The van der Waals surface area contributed by atoms with Crippen molar-refractivity contribution in [2.24, 2.45) is 17.4 Å². The van der Waals surface area contributed by atoms with Gasteiger partial charge in [0.1, 0.15) is 16.9 Å². The zero-order valence-corrected chi connectivity index (χ0v) is 80.0. The minimum atomic E-state index is -3.55. The smallest absolute Gasteiger partial charge is 0.267 e. The van der Waals surface area contributed by atoms with E-state index in [2.05, 4.69) is 106 Å². The molecule has 1 fully saturated rings. The van der Waals surface area contributed by atoms with Crippen molar-refractivity contribution in [1.29, 1.82) is 5.41 Å². The van der Waals surface area contributed by atoms with E-state index in [-0.39, 0.29) is 58.3 Å². The van der Waals surface area contributed by atoms with Crippen LogP contribution in [0.1, 0.15) is 189 Å². The Hall–Kier alpha value is -7.67. The van der Waals surface area contributed by atoms with Gasteiger partial charge in [0.25, 0.3) is 10.0 Å². The number of methoxy groups -OCH3 is 2. The second-order valence-electron chi connectivity index (χ2n) is 29.6. The summed E-state index contributed by atoms with van der Waals surface area (Å²) < 4.78 is 57.6. The van der Waals surface area contributed by atoms with Crippen LogP contribution >= 0.6 is 82.5 Å². The highest BCUT2D eigenvalue weighted by molar-refractivity contribution is 8.13. The Labute approximate surface area is 750 Å². The van der Waals surface area contributed by atoms with E-state index in [1.807, 2.05) is 196 Å². The van der Waals surface area contributed by atoms with Crippen molar-refractivity contribution in [2.75, 3.05) is 89.0 Å². The molecular weight excluding hydrogens is 1700 g/mol. The number of aryl methyl sites for hydroxylation is 4. The molecule has 3 aromatic carbocycles. The number of rotatable bonds is 15. The van der Waals surface area contributed by atoms with Crippen LogP contribution in [0.15, 0.2) is 160 Å². The van der Waals surface area contributed by atoms with Crippen LogP contribution in [-0.2, 0) is 54.8 Å². The van der Waals surface area contributed by atoms with Crippen molar-refractivity contribution in [1.82, 2.24) is 78.2 Å². The van der Waals surface area contributed by atoms with Crippen LogP contribution in [0.3, 0.4) is 0 Å². The van der Waals surface area contributed by atoms with Gasteiger partial charge in [0.05, 0.1) is 55.1 Å². The number of ether oxygens (including phenoxy) is 2. The number of thioether (sulfide) groups is 3. The van der Waals surface area contributed by atoms with Gasteiger partial charge < -0.3 is 30.7 Å². The van der Waals surface area contributed by atoms with Crippen molar-refractivity contribution >= 4 is 137 Å². The van der Waals surface area contributed by atoms with Crippen LogP contribution in [0, 0.1) is 11.3 Å². The molecule has 0 saturated carbocycles. The number of nitrogens with two attached hydrogens (primary N) is 2. The minimum absolute atomic E-state index is 0. The summed E-state index contributed by atoms with van der Waals surface area (Å²) in [4.78, 5) is 64.6. The van der Waals surface area contributed by atoms with E-state index < -0.39 is 27.7 Å². The number of halogens is 5. The van der Waals surface area contributed by atoms with Gasteiger partial charge in [0.2, 0.25) is 12.2 Å². The number of nitrogens with zero attached hydrogens (tertiary/aromatic N) is 16. The van der Waals surface area contributed by atoms with Crippen LogP contribution in [0.25, 0.3) is 33.2 Å². The number of fused-ring (bicyclic) bond motifs is 8. The number of hydrogen-bond donors (Lipinski definition) is 3. The van der Waals surface area contributed by atoms with E-state index >= 15 is 0 Å². The number of sulfonamides is 1. The highest BCUT2D eigenvalue weighted by Crippen LogP contribution is 2.42.